The number of hydrogen-bond donors (Lipinski definition) is 1. The van der Waals surface area contributed by atoms with Crippen LogP contribution in [0.4, 0.5) is 15.2 Å². The van der Waals surface area contributed by atoms with E-state index in [1.807, 2.05) is 0 Å². The van der Waals surface area contributed by atoms with Gasteiger partial charge in [-0.3, -0.25) is 20.2 Å². The smallest absolute Gasteiger partial charge is 0.270 e. The normalized spacial score (nSPS) is 10.5. The number of amides is 1. The first-order valence-corrected chi connectivity index (χ1v) is 9.08. The molecular formula is C16H11FN4O3S2. The molecule has 1 aromatic heterocycles. The van der Waals surface area contributed by atoms with Gasteiger partial charge >= 0.3 is 0 Å². The van der Waals surface area contributed by atoms with Crippen molar-refractivity contribution in [1.29, 1.82) is 0 Å². The van der Waals surface area contributed by atoms with Crippen LogP contribution in [0.3, 0.4) is 0 Å². The first-order chi connectivity index (χ1) is 12.5. The predicted molar refractivity (Wildman–Crippen MR) is 96.9 cm³/mol. The van der Waals surface area contributed by atoms with Gasteiger partial charge in [-0.2, -0.15) is 0 Å². The van der Waals surface area contributed by atoms with E-state index in [-0.39, 0.29) is 17.1 Å². The third-order valence-electron chi connectivity index (χ3n) is 3.22. The number of benzene rings is 2. The summed E-state index contributed by atoms with van der Waals surface area (Å²) in [7, 11) is 0. The van der Waals surface area contributed by atoms with Crippen molar-refractivity contribution in [2.75, 3.05) is 5.32 Å². The van der Waals surface area contributed by atoms with E-state index in [1.165, 1.54) is 59.5 Å². The van der Waals surface area contributed by atoms with Crippen LogP contribution in [0.2, 0.25) is 0 Å². The van der Waals surface area contributed by atoms with Gasteiger partial charge in [0, 0.05) is 23.4 Å². The van der Waals surface area contributed by atoms with Crippen LogP contribution in [0.5, 0.6) is 0 Å². The quantitative estimate of drug-likeness (QED) is 0.294. The van der Waals surface area contributed by atoms with Crippen LogP contribution in [-0.2, 0) is 5.75 Å². The van der Waals surface area contributed by atoms with Gasteiger partial charge in [-0.05, 0) is 23.8 Å². The summed E-state index contributed by atoms with van der Waals surface area (Å²) >= 11 is 2.60. The fourth-order valence-electron chi connectivity index (χ4n) is 1.97. The van der Waals surface area contributed by atoms with Crippen molar-refractivity contribution in [2.24, 2.45) is 0 Å². The summed E-state index contributed by atoms with van der Waals surface area (Å²) in [5, 5.41) is 21.5. The second-order valence-electron chi connectivity index (χ2n) is 5.05. The minimum Gasteiger partial charge on any atom is -0.296 e. The number of nitrogens with one attached hydrogen (secondary N) is 1. The minimum atomic E-state index is -0.564. The zero-order valence-electron chi connectivity index (χ0n) is 13.1. The van der Waals surface area contributed by atoms with Gasteiger partial charge in [0.25, 0.3) is 11.6 Å². The van der Waals surface area contributed by atoms with Crippen LogP contribution in [0.15, 0.2) is 52.9 Å². The fourth-order valence-corrected chi connectivity index (χ4v) is 3.68. The molecule has 3 aromatic rings. The largest absolute Gasteiger partial charge is 0.296 e. The standard InChI is InChI=1S/C16H11FN4O3S2/c17-12-6-4-10(5-7-12)9-25-16-20-19-15(26-16)18-14(22)11-2-1-3-13(8-11)21(23)24/h1-8H,9H2,(H,18,19,22). The lowest BCUT2D eigenvalue weighted by Crippen LogP contribution is -2.11. The van der Waals surface area contributed by atoms with Gasteiger partial charge in [0.2, 0.25) is 5.13 Å². The first kappa shape index (κ1) is 18.0. The number of nitro groups is 1. The maximum absolute atomic E-state index is 12.9. The molecule has 0 fully saturated rings. The highest BCUT2D eigenvalue weighted by molar-refractivity contribution is 8.00. The highest BCUT2D eigenvalue weighted by Crippen LogP contribution is 2.28. The number of anilines is 1. The molecule has 10 heteroatoms. The van der Waals surface area contributed by atoms with Crippen molar-refractivity contribution < 1.29 is 14.1 Å². The van der Waals surface area contributed by atoms with E-state index < -0.39 is 10.8 Å². The van der Waals surface area contributed by atoms with Crippen molar-refractivity contribution in [1.82, 2.24) is 10.2 Å². The molecule has 0 aliphatic rings. The Hall–Kier alpha value is -2.85. The summed E-state index contributed by atoms with van der Waals surface area (Å²) in [6, 6.07) is 11.6. The molecule has 0 aliphatic heterocycles. The molecule has 26 heavy (non-hydrogen) atoms. The Kier molecular flexibility index (Phi) is 5.54. The molecule has 2 aromatic carbocycles. The molecule has 3 rings (SSSR count). The number of nitro benzene ring substituents is 1. The number of hydrogen-bond acceptors (Lipinski definition) is 7. The molecule has 132 valence electrons. The van der Waals surface area contributed by atoms with E-state index in [9.17, 15) is 19.3 Å². The number of thioether (sulfide) groups is 1. The lowest BCUT2D eigenvalue weighted by molar-refractivity contribution is -0.384. The molecule has 1 N–H and O–H groups in total. The van der Waals surface area contributed by atoms with E-state index in [1.54, 1.807) is 12.1 Å². The molecule has 7 nitrogen and oxygen atoms in total. The first-order valence-electron chi connectivity index (χ1n) is 7.28. The maximum Gasteiger partial charge on any atom is 0.270 e. The molecular weight excluding hydrogens is 379 g/mol. The Morgan fingerprint density at radius 1 is 1.23 bits per heavy atom. The molecule has 0 radical (unpaired) electrons. The topological polar surface area (TPSA) is 98.0 Å². The van der Waals surface area contributed by atoms with Crippen molar-refractivity contribution in [3.05, 3.63) is 75.6 Å². The van der Waals surface area contributed by atoms with E-state index in [2.05, 4.69) is 15.5 Å². The molecule has 0 unspecified atom stereocenters. The van der Waals surface area contributed by atoms with E-state index in [4.69, 9.17) is 0 Å². The lowest BCUT2D eigenvalue weighted by atomic mass is 10.2. The number of carbonyl (C=O) groups excluding carboxylic acids is 1. The average Bonchev–Trinajstić information content (AvgIpc) is 3.08. The third kappa shape index (κ3) is 4.61. The van der Waals surface area contributed by atoms with Crippen molar-refractivity contribution >= 4 is 39.8 Å². The van der Waals surface area contributed by atoms with Gasteiger partial charge in [-0.25, -0.2) is 4.39 Å². The molecule has 0 saturated carbocycles. The van der Waals surface area contributed by atoms with Crippen molar-refractivity contribution in [2.45, 2.75) is 10.1 Å². The monoisotopic (exact) mass is 390 g/mol. The Balaban J connectivity index is 1.61. The maximum atomic E-state index is 12.9. The number of halogens is 1. The Bertz CT molecular complexity index is 947. The number of carbonyl (C=O) groups is 1. The zero-order valence-corrected chi connectivity index (χ0v) is 14.7. The number of aromatic nitrogens is 2. The second kappa shape index (κ2) is 8.02. The predicted octanol–water partition coefficient (Wildman–Crippen LogP) is 4.13. The highest BCUT2D eigenvalue weighted by atomic mass is 32.2. The third-order valence-corrected chi connectivity index (χ3v) is 5.26. The second-order valence-corrected chi connectivity index (χ2v) is 7.25. The number of non-ortho nitro benzene ring substituents is 1. The van der Waals surface area contributed by atoms with E-state index in [0.29, 0.717) is 15.2 Å². The van der Waals surface area contributed by atoms with Crippen LogP contribution < -0.4 is 5.32 Å². The van der Waals surface area contributed by atoms with Crippen LogP contribution >= 0.6 is 23.1 Å². The fraction of sp³-hybridized carbons (Fsp3) is 0.0625. The number of nitrogens with zero attached hydrogens (tertiary/aromatic N) is 3. The summed E-state index contributed by atoms with van der Waals surface area (Å²) in [4.78, 5) is 22.4. The summed E-state index contributed by atoms with van der Waals surface area (Å²) in [5.74, 6) is -0.200. The summed E-state index contributed by atoms with van der Waals surface area (Å²) in [6.45, 7) is 0. The van der Waals surface area contributed by atoms with Crippen molar-refractivity contribution in [3.8, 4) is 0 Å². The van der Waals surface area contributed by atoms with Crippen molar-refractivity contribution in [3.63, 3.8) is 0 Å². The molecule has 0 bridgehead atoms. The van der Waals surface area contributed by atoms with Gasteiger partial charge in [0.1, 0.15) is 5.82 Å². The Labute approximate surface area is 155 Å². The molecule has 0 atom stereocenters. The van der Waals surface area contributed by atoms with Gasteiger partial charge in [0.15, 0.2) is 4.34 Å². The van der Waals surface area contributed by atoms with Crippen LogP contribution in [0.25, 0.3) is 0 Å². The SMILES string of the molecule is O=C(Nc1nnc(SCc2ccc(F)cc2)s1)c1cccc([N+](=O)[O-])c1. The molecule has 1 amide bonds. The molecule has 0 spiro atoms. The lowest BCUT2D eigenvalue weighted by Gasteiger charge is -2.00. The molecule has 0 saturated heterocycles. The van der Waals surface area contributed by atoms with Gasteiger partial charge in [0.05, 0.1) is 4.92 Å². The van der Waals surface area contributed by atoms with Gasteiger partial charge < -0.3 is 0 Å². The van der Waals surface area contributed by atoms with Crippen LogP contribution in [0, 0.1) is 15.9 Å². The Morgan fingerprint density at radius 2 is 2.00 bits per heavy atom. The van der Waals surface area contributed by atoms with Gasteiger partial charge in [-0.15, -0.1) is 10.2 Å². The van der Waals surface area contributed by atoms with E-state index in [0.717, 1.165) is 5.56 Å². The zero-order chi connectivity index (χ0) is 18.5. The number of rotatable bonds is 6. The summed E-state index contributed by atoms with van der Waals surface area (Å²) in [6.07, 6.45) is 0. The minimum absolute atomic E-state index is 0.162. The molecule has 1 heterocycles. The van der Waals surface area contributed by atoms with Crippen LogP contribution in [0.1, 0.15) is 15.9 Å². The van der Waals surface area contributed by atoms with Gasteiger partial charge in [-0.1, -0.05) is 41.3 Å². The Morgan fingerprint density at radius 3 is 2.73 bits per heavy atom. The summed E-state index contributed by atoms with van der Waals surface area (Å²) < 4.78 is 13.5. The highest BCUT2D eigenvalue weighted by Gasteiger charge is 2.14. The van der Waals surface area contributed by atoms with E-state index >= 15 is 0 Å². The van der Waals surface area contributed by atoms with Crippen LogP contribution in [-0.4, -0.2) is 21.0 Å². The average molecular weight is 390 g/mol. The molecule has 0 aliphatic carbocycles. The summed E-state index contributed by atoms with van der Waals surface area (Å²) in [5.41, 5.74) is 0.939.